The Balaban J connectivity index is 2.24. The molecular formula is C15H18N4O. The first-order valence-corrected chi connectivity index (χ1v) is 6.48. The van der Waals surface area contributed by atoms with Crippen LogP contribution < -0.4 is 16.6 Å². The topological polar surface area (TPSA) is 80.0 Å². The Hall–Kier alpha value is -2.40. The van der Waals surface area contributed by atoms with Gasteiger partial charge in [0.05, 0.1) is 0 Å². The summed E-state index contributed by atoms with van der Waals surface area (Å²) >= 11 is 0. The number of nitrogens with one attached hydrogen (secondary N) is 2. The molecule has 0 spiro atoms. The van der Waals surface area contributed by atoms with Crippen LogP contribution in [0.3, 0.4) is 0 Å². The highest BCUT2D eigenvalue weighted by Gasteiger charge is 2.09. The molecule has 0 unspecified atom stereocenters. The number of nitrogens with zero attached hydrogens (tertiary/aromatic N) is 1. The second-order valence-electron chi connectivity index (χ2n) is 4.55. The van der Waals surface area contributed by atoms with E-state index in [-0.39, 0.29) is 5.91 Å². The predicted molar refractivity (Wildman–Crippen MR) is 80.6 cm³/mol. The van der Waals surface area contributed by atoms with E-state index in [9.17, 15) is 4.79 Å². The Labute approximate surface area is 118 Å². The summed E-state index contributed by atoms with van der Waals surface area (Å²) in [4.78, 5) is 16.5. The molecule has 4 N–H and O–H groups in total. The van der Waals surface area contributed by atoms with Crippen LogP contribution >= 0.6 is 0 Å². The van der Waals surface area contributed by atoms with Crippen LogP contribution in [0, 0.1) is 6.92 Å². The molecule has 0 aliphatic rings. The van der Waals surface area contributed by atoms with Crippen molar-refractivity contribution < 1.29 is 4.79 Å². The molecule has 5 nitrogen and oxygen atoms in total. The summed E-state index contributed by atoms with van der Waals surface area (Å²) in [6, 6.07) is 11.1. The lowest BCUT2D eigenvalue weighted by Crippen LogP contribution is -2.15. The largest absolute Gasteiger partial charge is 0.322 e. The third kappa shape index (κ3) is 3.33. The van der Waals surface area contributed by atoms with E-state index in [2.05, 4.69) is 15.7 Å². The van der Waals surface area contributed by atoms with Gasteiger partial charge in [0.25, 0.3) is 5.91 Å². The minimum absolute atomic E-state index is 0.177. The zero-order valence-electron chi connectivity index (χ0n) is 11.6. The van der Waals surface area contributed by atoms with Crippen molar-refractivity contribution in [3.8, 4) is 0 Å². The average molecular weight is 270 g/mol. The minimum atomic E-state index is -0.177. The van der Waals surface area contributed by atoms with Crippen LogP contribution in [0.1, 0.15) is 28.5 Å². The van der Waals surface area contributed by atoms with Crippen molar-refractivity contribution in [1.82, 2.24) is 4.98 Å². The standard InChI is InChI=1S/C15H18N4O/c1-3-12-8-11(9-14(17-12)19-16)15(20)18-13-6-4-5-10(2)7-13/h4-9H,3,16H2,1-2H3,(H,17,19)(H,18,20). The maximum absolute atomic E-state index is 12.3. The molecule has 1 amide bonds. The van der Waals surface area contributed by atoms with Gasteiger partial charge in [-0.2, -0.15) is 0 Å². The fourth-order valence-electron chi connectivity index (χ4n) is 1.90. The van der Waals surface area contributed by atoms with Crippen LogP contribution in [-0.2, 0) is 6.42 Å². The molecule has 0 aliphatic heterocycles. The third-order valence-corrected chi connectivity index (χ3v) is 2.93. The van der Waals surface area contributed by atoms with Crippen molar-refractivity contribution in [1.29, 1.82) is 0 Å². The van der Waals surface area contributed by atoms with Crippen LogP contribution in [0.5, 0.6) is 0 Å². The van der Waals surface area contributed by atoms with Crippen LogP contribution in [-0.4, -0.2) is 10.9 Å². The third-order valence-electron chi connectivity index (χ3n) is 2.93. The maximum atomic E-state index is 12.3. The quantitative estimate of drug-likeness (QED) is 0.589. The molecule has 1 aromatic heterocycles. The van der Waals surface area contributed by atoms with Crippen LogP contribution in [0.2, 0.25) is 0 Å². The lowest BCUT2D eigenvalue weighted by atomic mass is 10.1. The smallest absolute Gasteiger partial charge is 0.255 e. The molecule has 0 bridgehead atoms. The normalized spacial score (nSPS) is 10.2. The number of hydrazine groups is 1. The van der Waals surface area contributed by atoms with Crippen LogP contribution in [0.15, 0.2) is 36.4 Å². The Morgan fingerprint density at radius 2 is 2.10 bits per heavy atom. The van der Waals surface area contributed by atoms with E-state index in [0.29, 0.717) is 11.4 Å². The van der Waals surface area contributed by atoms with Gasteiger partial charge in [-0.3, -0.25) is 4.79 Å². The number of pyridine rings is 1. The van der Waals surface area contributed by atoms with E-state index < -0.39 is 0 Å². The fraction of sp³-hybridized carbons (Fsp3) is 0.200. The summed E-state index contributed by atoms with van der Waals surface area (Å²) in [5.74, 6) is 5.68. The van der Waals surface area contributed by atoms with Crippen molar-refractivity contribution in [3.05, 3.63) is 53.2 Å². The average Bonchev–Trinajstić information content (AvgIpc) is 2.46. The number of anilines is 2. The van der Waals surface area contributed by atoms with Crippen molar-refractivity contribution in [2.45, 2.75) is 20.3 Å². The van der Waals surface area contributed by atoms with Gasteiger partial charge in [0, 0.05) is 16.9 Å². The number of amides is 1. The lowest BCUT2D eigenvalue weighted by Gasteiger charge is -2.09. The van der Waals surface area contributed by atoms with Gasteiger partial charge in [-0.1, -0.05) is 19.1 Å². The number of hydrogen-bond acceptors (Lipinski definition) is 4. The van der Waals surface area contributed by atoms with Crippen molar-refractivity contribution in [2.24, 2.45) is 5.84 Å². The molecule has 2 aromatic rings. The van der Waals surface area contributed by atoms with Gasteiger partial charge < -0.3 is 10.7 Å². The first kappa shape index (κ1) is 14.0. The van der Waals surface area contributed by atoms with Crippen molar-refractivity contribution >= 4 is 17.4 Å². The SMILES string of the molecule is CCc1cc(C(=O)Nc2cccc(C)c2)cc(NN)n1. The summed E-state index contributed by atoms with van der Waals surface area (Å²) in [5, 5.41) is 2.87. The molecule has 2 rings (SSSR count). The Morgan fingerprint density at radius 3 is 2.75 bits per heavy atom. The monoisotopic (exact) mass is 270 g/mol. The molecule has 0 atom stereocenters. The zero-order chi connectivity index (χ0) is 14.5. The van der Waals surface area contributed by atoms with Crippen molar-refractivity contribution in [2.75, 3.05) is 10.7 Å². The van der Waals surface area contributed by atoms with Crippen LogP contribution in [0.4, 0.5) is 11.5 Å². The second-order valence-corrected chi connectivity index (χ2v) is 4.55. The molecule has 0 fully saturated rings. The summed E-state index contributed by atoms with van der Waals surface area (Å²) < 4.78 is 0. The molecule has 5 heteroatoms. The number of aryl methyl sites for hydroxylation is 2. The number of carbonyl (C=O) groups is 1. The zero-order valence-corrected chi connectivity index (χ0v) is 11.6. The molecular weight excluding hydrogens is 252 g/mol. The first-order chi connectivity index (χ1) is 9.62. The Morgan fingerprint density at radius 1 is 1.30 bits per heavy atom. The number of nitrogens with two attached hydrogens (primary N) is 1. The first-order valence-electron chi connectivity index (χ1n) is 6.48. The van der Waals surface area contributed by atoms with E-state index in [0.717, 1.165) is 23.4 Å². The highest BCUT2D eigenvalue weighted by Crippen LogP contribution is 2.14. The Kier molecular flexibility index (Phi) is 4.32. The highest BCUT2D eigenvalue weighted by molar-refractivity contribution is 6.04. The number of nitrogen functional groups attached to an aromatic ring is 1. The molecule has 1 aromatic carbocycles. The van der Waals surface area contributed by atoms with Gasteiger partial charge in [-0.05, 0) is 43.2 Å². The van der Waals surface area contributed by atoms with Crippen molar-refractivity contribution in [3.63, 3.8) is 0 Å². The van der Waals surface area contributed by atoms with E-state index >= 15 is 0 Å². The lowest BCUT2D eigenvalue weighted by molar-refractivity contribution is 0.102. The molecule has 20 heavy (non-hydrogen) atoms. The molecule has 0 saturated carbocycles. The number of hydrogen-bond donors (Lipinski definition) is 3. The van der Waals surface area contributed by atoms with Gasteiger partial charge in [-0.15, -0.1) is 0 Å². The van der Waals surface area contributed by atoms with Gasteiger partial charge >= 0.3 is 0 Å². The summed E-state index contributed by atoms with van der Waals surface area (Å²) in [6.07, 6.45) is 0.736. The van der Waals surface area contributed by atoms with Gasteiger partial charge in [0.2, 0.25) is 0 Å². The molecule has 0 radical (unpaired) electrons. The van der Waals surface area contributed by atoms with Crippen LogP contribution in [0.25, 0.3) is 0 Å². The number of carbonyl (C=O) groups excluding carboxylic acids is 1. The second kappa shape index (κ2) is 6.16. The predicted octanol–water partition coefficient (Wildman–Crippen LogP) is 2.49. The number of rotatable bonds is 4. The highest BCUT2D eigenvalue weighted by atomic mass is 16.1. The van der Waals surface area contributed by atoms with E-state index in [1.54, 1.807) is 12.1 Å². The van der Waals surface area contributed by atoms with Gasteiger partial charge in [-0.25, -0.2) is 10.8 Å². The summed E-state index contributed by atoms with van der Waals surface area (Å²) in [7, 11) is 0. The van der Waals surface area contributed by atoms with Gasteiger partial charge in [0.15, 0.2) is 0 Å². The molecule has 1 heterocycles. The van der Waals surface area contributed by atoms with E-state index in [4.69, 9.17) is 5.84 Å². The fourth-order valence-corrected chi connectivity index (χ4v) is 1.90. The summed E-state index contributed by atoms with van der Waals surface area (Å²) in [6.45, 7) is 3.96. The molecule has 104 valence electrons. The minimum Gasteiger partial charge on any atom is -0.322 e. The number of aromatic nitrogens is 1. The summed E-state index contributed by atoms with van der Waals surface area (Å²) in [5.41, 5.74) is 5.69. The van der Waals surface area contributed by atoms with Gasteiger partial charge in [0.1, 0.15) is 5.82 Å². The van der Waals surface area contributed by atoms with E-state index in [1.165, 1.54) is 0 Å². The molecule has 0 saturated heterocycles. The van der Waals surface area contributed by atoms with E-state index in [1.807, 2.05) is 38.1 Å². The number of benzene rings is 1. The Bertz CT molecular complexity index is 603. The maximum Gasteiger partial charge on any atom is 0.255 e. The molecule has 0 aliphatic carbocycles.